The first kappa shape index (κ1) is 22.8. The van der Waals surface area contributed by atoms with Gasteiger partial charge in [0.05, 0.1) is 11.4 Å². The summed E-state index contributed by atoms with van der Waals surface area (Å²) in [6, 6.07) is 5.91. The van der Waals surface area contributed by atoms with Crippen LogP contribution < -0.4 is 4.74 Å². The fourth-order valence-electron chi connectivity index (χ4n) is 4.77. The van der Waals surface area contributed by atoms with Crippen molar-refractivity contribution in [1.82, 2.24) is 14.7 Å². The number of carbonyl (C=O) groups excluding carboxylic acids is 1. The molecule has 0 aromatic heterocycles. The molecular weight excluding hydrogens is 434 g/mol. The van der Waals surface area contributed by atoms with Crippen molar-refractivity contribution in [2.24, 2.45) is 0 Å². The first-order valence-corrected chi connectivity index (χ1v) is 13.1. The summed E-state index contributed by atoms with van der Waals surface area (Å²) in [6.07, 6.45) is 4.44. The zero-order valence-corrected chi connectivity index (χ0v) is 19.2. The SMILES string of the molecule is CS(=O)(=O)c1ccc(O[C@H]2C[C@H](C(=O)N3CCCN(C4CCC4)CC3)N(C(=O)O)C2)cc1. The van der Waals surface area contributed by atoms with E-state index in [1.54, 1.807) is 12.1 Å². The Hall–Kier alpha value is -2.33. The van der Waals surface area contributed by atoms with E-state index in [9.17, 15) is 23.1 Å². The van der Waals surface area contributed by atoms with Crippen molar-refractivity contribution >= 4 is 21.8 Å². The third-order valence-electron chi connectivity index (χ3n) is 6.78. The van der Waals surface area contributed by atoms with Crippen LogP contribution >= 0.6 is 0 Å². The Kier molecular flexibility index (Phi) is 6.62. The Morgan fingerprint density at radius 1 is 1.03 bits per heavy atom. The molecule has 32 heavy (non-hydrogen) atoms. The Labute approximate surface area is 188 Å². The van der Waals surface area contributed by atoms with Crippen LogP contribution in [0.2, 0.25) is 0 Å². The van der Waals surface area contributed by atoms with Gasteiger partial charge in [0, 0.05) is 44.9 Å². The molecule has 10 heteroatoms. The van der Waals surface area contributed by atoms with E-state index in [0.717, 1.165) is 25.8 Å². The van der Waals surface area contributed by atoms with Crippen LogP contribution in [0.25, 0.3) is 0 Å². The fourth-order valence-corrected chi connectivity index (χ4v) is 5.40. The molecule has 0 spiro atoms. The van der Waals surface area contributed by atoms with Gasteiger partial charge in [0.1, 0.15) is 17.9 Å². The zero-order chi connectivity index (χ0) is 22.9. The van der Waals surface area contributed by atoms with Crippen LogP contribution in [-0.2, 0) is 14.6 Å². The van der Waals surface area contributed by atoms with Crippen molar-refractivity contribution in [3.05, 3.63) is 24.3 Å². The second-order valence-electron chi connectivity index (χ2n) is 8.97. The Bertz CT molecular complexity index is 947. The standard InChI is InChI=1S/C22H31N3O6S/c1-32(29,30)19-8-6-17(7-9-19)31-18-14-20(25(15-18)22(27)28)21(26)24-11-3-10-23(12-13-24)16-4-2-5-16/h6-9,16,18,20H,2-5,10-15H2,1H3,(H,27,28)/t18-,20+/m0/s1. The number of carbonyl (C=O) groups is 2. The number of hydrogen-bond acceptors (Lipinski definition) is 6. The number of likely N-dealkylation sites (tertiary alicyclic amines) is 1. The lowest BCUT2D eigenvalue weighted by Crippen LogP contribution is -2.49. The first-order valence-electron chi connectivity index (χ1n) is 11.2. The lowest BCUT2D eigenvalue weighted by molar-refractivity contribution is -0.135. The minimum absolute atomic E-state index is 0.0988. The Morgan fingerprint density at radius 3 is 2.34 bits per heavy atom. The molecule has 1 aromatic carbocycles. The van der Waals surface area contributed by atoms with Crippen LogP contribution in [0.5, 0.6) is 5.75 Å². The van der Waals surface area contributed by atoms with Crippen molar-refractivity contribution in [2.75, 3.05) is 39.0 Å². The number of rotatable bonds is 5. The highest BCUT2D eigenvalue weighted by Crippen LogP contribution is 2.28. The maximum absolute atomic E-state index is 13.3. The molecule has 0 bridgehead atoms. The minimum Gasteiger partial charge on any atom is -0.488 e. The van der Waals surface area contributed by atoms with Gasteiger partial charge in [0.25, 0.3) is 0 Å². The molecule has 1 aliphatic carbocycles. The van der Waals surface area contributed by atoms with Crippen molar-refractivity contribution in [3.8, 4) is 5.75 Å². The van der Waals surface area contributed by atoms with Gasteiger partial charge in [-0.3, -0.25) is 14.6 Å². The van der Waals surface area contributed by atoms with Gasteiger partial charge < -0.3 is 14.7 Å². The molecule has 2 heterocycles. The lowest BCUT2D eigenvalue weighted by Gasteiger charge is -2.36. The molecule has 1 aromatic rings. The van der Waals surface area contributed by atoms with Gasteiger partial charge >= 0.3 is 6.09 Å². The van der Waals surface area contributed by atoms with Crippen LogP contribution in [0.3, 0.4) is 0 Å². The van der Waals surface area contributed by atoms with Crippen molar-refractivity contribution in [2.45, 2.75) is 55.2 Å². The highest BCUT2D eigenvalue weighted by molar-refractivity contribution is 7.90. The lowest BCUT2D eigenvalue weighted by atomic mass is 9.91. The van der Waals surface area contributed by atoms with Crippen LogP contribution in [0, 0.1) is 0 Å². The minimum atomic E-state index is -3.30. The average Bonchev–Trinajstić information content (AvgIpc) is 2.97. The summed E-state index contributed by atoms with van der Waals surface area (Å²) in [5, 5.41) is 9.68. The van der Waals surface area contributed by atoms with Gasteiger partial charge in [-0.1, -0.05) is 6.42 Å². The van der Waals surface area contributed by atoms with Crippen LogP contribution in [0.15, 0.2) is 29.2 Å². The third-order valence-corrected chi connectivity index (χ3v) is 7.91. The number of benzene rings is 1. The van der Waals surface area contributed by atoms with Crippen molar-refractivity contribution in [1.29, 1.82) is 0 Å². The topological polar surface area (TPSA) is 107 Å². The highest BCUT2D eigenvalue weighted by atomic mass is 32.2. The largest absolute Gasteiger partial charge is 0.488 e. The Balaban J connectivity index is 1.39. The van der Waals surface area contributed by atoms with E-state index in [4.69, 9.17) is 4.74 Å². The number of carboxylic acid groups (broad SMARTS) is 1. The molecule has 0 unspecified atom stereocenters. The summed E-state index contributed by atoms with van der Waals surface area (Å²) in [7, 11) is -3.30. The molecule has 0 radical (unpaired) electrons. The normalized spacial score (nSPS) is 25.3. The van der Waals surface area contributed by atoms with E-state index in [2.05, 4.69) is 4.90 Å². The van der Waals surface area contributed by atoms with E-state index >= 15 is 0 Å². The molecule has 4 rings (SSSR count). The average molecular weight is 466 g/mol. The predicted molar refractivity (Wildman–Crippen MR) is 118 cm³/mol. The monoisotopic (exact) mass is 465 g/mol. The first-order chi connectivity index (χ1) is 15.2. The summed E-state index contributed by atoms with van der Waals surface area (Å²) in [5.74, 6) is 0.299. The smallest absolute Gasteiger partial charge is 0.408 e. The summed E-state index contributed by atoms with van der Waals surface area (Å²) in [5.41, 5.74) is 0. The summed E-state index contributed by atoms with van der Waals surface area (Å²) >= 11 is 0. The molecule has 1 N–H and O–H groups in total. The van der Waals surface area contributed by atoms with E-state index in [1.165, 1.54) is 36.3 Å². The molecule has 2 saturated heterocycles. The summed E-state index contributed by atoms with van der Waals surface area (Å²) in [4.78, 5) is 30.7. The molecule has 2 aliphatic heterocycles. The van der Waals surface area contributed by atoms with E-state index in [-0.39, 0.29) is 23.8 Å². The second kappa shape index (κ2) is 9.27. The van der Waals surface area contributed by atoms with Crippen molar-refractivity contribution in [3.63, 3.8) is 0 Å². The maximum Gasteiger partial charge on any atom is 0.408 e. The molecule has 1 saturated carbocycles. The van der Waals surface area contributed by atoms with Gasteiger partial charge in [0.2, 0.25) is 5.91 Å². The van der Waals surface area contributed by atoms with E-state index in [1.807, 2.05) is 4.90 Å². The van der Waals surface area contributed by atoms with Gasteiger partial charge in [-0.25, -0.2) is 13.2 Å². The van der Waals surface area contributed by atoms with Crippen LogP contribution in [0.1, 0.15) is 32.1 Å². The highest BCUT2D eigenvalue weighted by Gasteiger charge is 2.43. The number of nitrogens with zero attached hydrogens (tertiary/aromatic N) is 3. The number of ether oxygens (including phenoxy) is 1. The zero-order valence-electron chi connectivity index (χ0n) is 18.4. The van der Waals surface area contributed by atoms with Gasteiger partial charge in [-0.15, -0.1) is 0 Å². The Morgan fingerprint density at radius 2 is 1.75 bits per heavy atom. The number of amides is 2. The quantitative estimate of drug-likeness (QED) is 0.705. The molecule has 3 aliphatic rings. The van der Waals surface area contributed by atoms with E-state index < -0.39 is 28.1 Å². The van der Waals surface area contributed by atoms with Crippen LogP contribution in [-0.4, -0.2) is 97.4 Å². The van der Waals surface area contributed by atoms with Gasteiger partial charge in [0.15, 0.2) is 9.84 Å². The van der Waals surface area contributed by atoms with Crippen molar-refractivity contribution < 1.29 is 27.9 Å². The molecule has 3 fully saturated rings. The third kappa shape index (κ3) is 5.01. The predicted octanol–water partition coefficient (Wildman–Crippen LogP) is 1.68. The summed E-state index contributed by atoms with van der Waals surface area (Å²) in [6.45, 7) is 3.18. The fraction of sp³-hybridized carbons (Fsp3) is 0.636. The van der Waals surface area contributed by atoms with E-state index in [0.29, 0.717) is 24.9 Å². The number of hydrogen-bond donors (Lipinski definition) is 1. The maximum atomic E-state index is 13.3. The van der Waals surface area contributed by atoms with Gasteiger partial charge in [-0.2, -0.15) is 0 Å². The molecule has 2 atom stereocenters. The van der Waals surface area contributed by atoms with Crippen LogP contribution in [0.4, 0.5) is 4.79 Å². The molecule has 9 nitrogen and oxygen atoms in total. The number of sulfone groups is 1. The molecule has 176 valence electrons. The summed E-state index contributed by atoms with van der Waals surface area (Å²) < 4.78 is 29.1. The van der Waals surface area contributed by atoms with Gasteiger partial charge in [-0.05, 0) is 43.5 Å². The molecule has 2 amide bonds. The molecular formula is C22H31N3O6S. The second-order valence-corrected chi connectivity index (χ2v) is 11.0.